The standard InChI is InChI=1S/C15H9Cl2NO/c16-12-3-6-14(15(17)8-12)11(9-18)7-10-1-4-13(19)5-2-10/h1-8,19H/b11-7+. The molecule has 0 aliphatic carbocycles. The van der Waals surface area contributed by atoms with Crippen molar-refractivity contribution in [3.8, 4) is 11.8 Å². The third-order valence-electron chi connectivity index (χ3n) is 2.55. The number of aromatic hydroxyl groups is 1. The maximum Gasteiger partial charge on any atom is 0.115 e. The average Bonchev–Trinajstić information content (AvgIpc) is 2.39. The average molecular weight is 290 g/mol. The minimum absolute atomic E-state index is 0.181. The van der Waals surface area contributed by atoms with Crippen LogP contribution in [0.2, 0.25) is 10.0 Å². The van der Waals surface area contributed by atoms with Crippen LogP contribution in [0.15, 0.2) is 42.5 Å². The monoisotopic (exact) mass is 289 g/mol. The van der Waals surface area contributed by atoms with Gasteiger partial charge >= 0.3 is 0 Å². The van der Waals surface area contributed by atoms with E-state index in [4.69, 9.17) is 23.2 Å². The van der Waals surface area contributed by atoms with Gasteiger partial charge in [0.05, 0.1) is 16.7 Å². The topological polar surface area (TPSA) is 44.0 Å². The van der Waals surface area contributed by atoms with E-state index in [1.54, 1.807) is 48.5 Å². The SMILES string of the molecule is N#C/C(=C\c1ccc(O)cc1)c1ccc(Cl)cc1Cl. The quantitative estimate of drug-likeness (QED) is 0.640. The molecule has 1 N–H and O–H groups in total. The smallest absolute Gasteiger partial charge is 0.115 e. The van der Waals surface area contributed by atoms with Crippen molar-refractivity contribution >= 4 is 34.9 Å². The number of halogens is 2. The van der Waals surface area contributed by atoms with Gasteiger partial charge in [-0.1, -0.05) is 41.4 Å². The molecule has 0 atom stereocenters. The van der Waals surface area contributed by atoms with Gasteiger partial charge in [0.1, 0.15) is 5.75 Å². The highest BCUT2D eigenvalue weighted by Gasteiger charge is 2.07. The zero-order chi connectivity index (χ0) is 13.8. The lowest BCUT2D eigenvalue weighted by molar-refractivity contribution is 0.475. The summed E-state index contributed by atoms with van der Waals surface area (Å²) in [7, 11) is 0. The van der Waals surface area contributed by atoms with E-state index in [9.17, 15) is 10.4 Å². The summed E-state index contributed by atoms with van der Waals surface area (Å²) in [5, 5.41) is 19.4. The lowest BCUT2D eigenvalue weighted by atomic mass is 10.0. The second kappa shape index (κ2) is 5.79. The van der Waals surface area contributed by atoms with Crippen LogP contribution in [-0.4, -0.2) is 5.11 Å². The van der Waals surface area contributed by atoms with Gasteiger partial charge in [-0.2, -0.15) is 5.26 Å². The molecule has 2 nitrogen and oxygen atoms in total. The lowest BCUT2D eigenvalue weighted by Gasteiger charge is -2.03. The summed E-state index contributed by atoms with van der Waals surface area (Å²) in [6, 6.07) is 13.7. The summed E-state index contributed by atoms with van der Waals surface area (Å²) >= 11 is 11.9. The van der Waals surface area contributed by atoms with Gasteiger partial charge in [0.25, 0.3) is 0 Å². The van der Waals surface area contributed by atoms with E-state index in [0.29, 0.717) is 21.2 Å². The second-order valence-electron chi connectivity index (χ2n) is 3.89. The first-order valence-electron chi connectivity index (χ1n) is 5.46. The zero-order valence-electron chi connectivity index (χ0n) is 9.77. The minimum atomic E-state index is 0.181. The number of nitriles is 1. The number of hydrogen-bond donors (Lipinski definition) is 1. The van der Waals surface area contributed by atoms with Gasteiger partial charge in [0, 0.05) is 10.6 Å². The summed E-state index contributed by atoms with van der Waals surface area (Å²) in [6.45, 7) is 0. The summed E-state index contributed by atoms with van der Waals surface area (Å²) in [5.41, 5.74) is 1.87. The van der Waals surface area contributed by atoms with Crippen molar-refractivity contribution < 1.29 is 5.11 Å². The van der Waals surface area contributed by atoms with E-state index in [2.05, 4.69) is 6.07 Å². The molecule has 4 heteroatoms. The number of phenols is 1. The van der Waals surface area contributed by atoms with Gasteiger partial charge in [0.2, 0.25) is 0 Å². The van der Waals surface area contributed by atoms with Gasteiger partial charge < -0.3 is 5.11 Å². The molecule has 2 aromatic rings. The molecular weight excluding hydrogens is 281 g/mol. The number of rotatable bonds is 2. The molecule has 0 aliphatic heterocycles. The molecule has 19 heavy (non-hydrogen) atoms. The van der Waals surface area contributed by atoms with Crippen molar-refractivity contribution in [2.24, 2.45) is 0 Å². The lowest BCUT2D eigenvalue weighted by Crippen LogP contribution is -1.84. The molecule has 0 saturated carbocycles. The third kappa shape index (κ3) is 3.29. The highest BCUT2D eigenvalue weighted by molar-refractivity contribution is 6.36. The third-order valence-corrected chi connectivity index (χ3v) is 3.09. The Morgan fingerprint density at radius 3 is 2.37 bits per heavy atom. The van der Waals surface area contributed by atoms with Gasteiger partial charge in [-0.05, 0) is 35.9 Å². The molecule has 94 valence electrons. The Bertz CT molecular complexity index is 670. The van der Waals surface area contributed by atoms with Crippen molar-refractivity contribution in [2.75, 3.05) is 0 Å². The second-order valence-corrected chi connectivity index (χ2v) is 4.73. The van der Waals surface area contributed by atoms with Crippen LogP contribution in [0.4, 0.5) is 0 Å². The fourth-order valence-electron chi connectivity index (χ4n) is 1.62. The highest BCUT2D eigenvalue weighted by Crippen LogP contribution is 2.28. The zero-order valence-corrected chi connectivity index (χ0v) is 11.3. The van der Waals surface area contributed by atoms with Crippen molar-refractivity contribution in [1.29, 1.82) is 5.26 Å². The Hall–Kier alpha value is -1.95. The molecule has 0 bridgehead atoms. The minimum Gasteiger partial charge on any atom is -0.508 e. The molecule has 0 amide bonds. The normalized spacial score (nSPS) is 11.1. The van der Waals surface area contributed by atoms with Crippen molar-refractivity contribution in [1.82, 2.24) is 0 Å². The Balaban J connectivity index is 2.45. The molecule has 2 rings (SSSR count). The van der Waals surface area contributed by atoms with Crippen LogP contribution in [-0.2, 0) is 0 Å². The molecule has 0 saturated heterocycles. The number of allylic oxidation sites excluding steroid dienone is 1. The fraction of sp³-hybridized carbons (Fsp3) is 0. The summed E-state index contributed by atoms with van der Waals surface area (Å²) in [4.78, 5) is 0. The maximum absolute atomic E-state index is 9.23. The van der Waals surface area contributed by atoms with Gasteiger partial charge in [-0.3, -0.25) is 0 Å². The molecule has 0 aliphatic rings. The molecule has 2 aromatic carbocycles. The number of hydrogen-bond acceptors (Lipinski definition) is 2. The highest BCUT2D eigenvalue weighted by atomic mass is 35.5. The van der Waals surface area contributed by atoms with Crippen molar-refractivity contribution in [2.45, 2.75) is 0 Å². The molecule has 0 fully saturated rings. The van der Waals surface area contributed by atoms with E-state index < -0.39 is 0 Å². The molecule has 0 aromatic heterocycles. The van der Waals surface area contributed by atoms with Crippen LogP contribution in [0.1, 0.15) is 11.1 Å². The van der Waals surface area contributed by atoms with E-state index in [1.165, 1.54) is 0 Å². The Morgan fingerprint density at radius 2 is 1.79 bits per heavy atom. The molecule has 0 spiro atoms. The van der Waals surface area contributed by atoms with E-state index in [-0.39, 0.29) is 5.75 Å². The summed E-state index contributed by atoms with van der Waals surface area (Å²) < 4.78 is 0. The predicted molar refractivity (Wildman–Crippen MR) is 78.1 cm³/mol. The van der Waals surface area contributed by atoms with Crippen LogP contribution in [0.5, 0.6) is 5.75 Å². The van der Waals surface area contributed by atoms with E-state index >= 15 is 0 Å². The van der Waals surface area contributed by atoms with Gasteiger partial charge in [0.15, 0.2) is 0 Å². The Labute approximate surface area is 121 Å². The molecular formula is C15H9Cl2NO. The number of nitrogens with zero attached hydrogens (tertiary/aromatic N) is 1. The Kier molecular flexibility index (Phi) is 4.11. The number of benzene rings is 2. The fourth-order valence-corrected chi connectivity index (χ4v) is 2.13. The van der Waals surface area contributed by atoms with Crippen LogP contribution in [0, 0.1) is 11.3 Å². The summed E-state index contributed by atoms with van der Waals surface area (Å²) in [6.07, 6.45) is 1.70. The predicted octanol–water partition coefficient (Wildman–Crippen LogP) is 4.76. The molecule has 0 radical (unpaired) electrons. The first-order chi connectivity index (χ1) is 9.10. The molecule has 0 heterocycles. The van der Waals surface area contributed by atoms with Crippen LogP contribution in [0.3, 0.4) is 0 Å². The first-order valence-corrected chi connectivity index (χ1v) is 6.22. The molecule has 0 unspecified atom stereocenters. The van der Waals surface area contributed by atoms with E-state index in [1.807, 2.05) is 0 Å². The van der Waals surface area contributed by atoms with Crippen LogP contribution < -0.4 is 0 Å². The maximum atomic E-state index is 9.23. The van der Waals surface area contributed by atoms with E-state index in [0.717, 1.165) is 5.56 Å². The number of phenolic OH excluding ortho intramolecular Hbond substituents is 1. The first kappa shape index (κ1) is 13.5. The van der Waals surface area contributed by atoms with Crippen molar-refractivity contribution in [3.63, 3.8) is 0 Å². The summed E-state index contributed by atoms with van der Waals surface area (Å²) in [5.74, 6) is 0.181. The van der Waals surface area contributed by atoms with Crippen molar-refractivity contribution in [3.05, 3.63) is 63.6 Å². The van der Waals surface area contributed by atoms with Crippen LogP contribution in [0.25, 0.3) is 11.6 Å². The Morgan fingerprint density at radius 1 is 1.11 bits per heavy atom. The largest absolute Gasteiger partial charge is 0.508 e. The van der Waals surface area contributed by atoms with Gasteiger partial charge in [-0.15, -0.1) is 0 Å². The van der Waals surface area contributed by atoms with Gasteiger partial charge in [-0.25, -0.2) is 0 Å². The van der Waals surface area contributed by atoms with Crippen LogP contribution >= 0.6 is 23.2 Å².